The van der Waals surface area contributed by atoms with Gasteiger partial charge in [-0.05, 0) is 45.8 Å². The zero-order valence-corrected chi connectivity index (χ0v) is 14.4. The fourth-order valence-corrected chi connectivity index (χ4v) is 3.14. The summed E-state index contributed by atoms with van der Waals surface area (Å²) in [6, 6.07) is 8.76. The Labute approximate surface area is 141 Å². The molecule has 4 nitrogen and oxygen atoms in total. The summed E-state index contributed by atoms with van der Waals surface area (Å²) in [6.07, 6.45) is -0.854. The van der Waals surface area contributed by atoms with Gasteiger partial charge in [-0.15, -0.1) is 0 Å². The Bertz CT molecular complexity index is 888. The van der Waals surface area contributed by atoms with E-state index in [1.165, 1.54) is 0 Å². The Hall–Kier alpha value is -1.08. The minimum Gasteiger partial charge on any atom is -0.384 e. The lowest BCUT2D eigenvalue weighted by molar-refractivity contribution is 0.219. The van der Waals surface area contributed by atoms with Gasteiger partial charge in [-0.3, -0.25) is 0 Å². The zero-order valence-electron chi connectivity index (χ0n) is 10.5. The number of aliphatic hydroxyl groups is 1. The Morgan fingerprint density at radius 1 is 1.05 bits per heavy atom. The maximum Gasteiger partial charge on any atom is 0.323 e. The van der Waals surface area contributed by atoms with Gasteiger partial charge in [-0.1, -0.05) is 33.6 Å². The number of rotatable bonds is 2. The lowest BCUT2D eigenvalue weighted by Gasteiger charge is -2.14. The molecular weight excluding hydrogens is 423 g/mol. The summed E-state index contributed by atoms with van der Waals surface area (Å²) in [5.74, 6) is 0. The summed E-state index contributed by atoms with van der Waals surface area (Å²) in [4.78, 5) is 16.7. The highest BCUT2D eigenvalue weighted by Gasteiger charge is 2.16. The Kier molecular flexibility index (Phi) is 3.96. The van der Waals surface area contributed by atoms with Crippen LogP contribution in [0.4, 0.5) is 0 Å². The number of hydrogen-bond acceptors (Lipinski definition) is 2. The van der Waals surface area contributed by atoms with Crippen molar-refractivity contribution in [2.24, 2.45) is 0 Å². The maximum atomic E-state index is 11.3. The van der Waals surface area contributed by atoms with Crippen molar-refractivity contribution in [1.29, 1.82) is 0 Å². The number of H-pyrrole nitrogens is 2. The third kappa shape index (κ3) is 2.81. The van der Waals surface area contributed by atoms with Crippen LogP contribution in [0.3, 0.4) is 0 Å². The van der Waals surface area contributed by atoms with Crippen molar-refractivity contribution < 1.29 is 5.11 Å². The molecule has 0 aliphatic rings. The molecule has 1 atom stereocenters. The van der Waals surface area contributed by atoms with Crippen molar-refractivity contribution in [3.63, 3.8) is 0 Å². The first-order valence-corrected chi connectivity index (χ1v) is 7.96. The molecule has 0 aliphatic heterocycles. The summed E-state index contributed by atoms with van der Waals surface area (Å²) >= 11 is 12.8. The maximum absolute atomic E-state index is 11.3. The summed E-state index contributed by atoms with van der Waals surface area (Å²) < 4.78 is 1.47. The van der Waals surface area contributed by atoms with Crippen molar-refractivity contribution in [2.75, 3.05) is 0 Å². The smallest absolute Gasteiger partial charge is 0.323 e. The predicted octanol–water partition coefficient (Wildman–Crippen LogP) is 4.12. The van der Waals surface area contributed by atoms with Crippen molar-refractivity contribution in [3.05, 3.63) is 65.9 Å². The number of nitrogens with one attached hydrogen (secondary N) is 2. The molecule has 3 rings (SSSR count). The molecule has 0 fully saturated rings. The quantitative estimate of drug-likeness (QED) is 0.570. The van der Waals surface area contributed by atoms with Gasteiger partial charge in [0.1, 0.15) is 6.10 Å². The molecule has 0 saturated heterocycles. The van der Waals surface area contributed by atoms with Gasteiger partial charge < -0.3 is 15.1 Å². The Balaban J connectivity index is 2.11. The van der Waals surface area contributed by atoms with Gasteiger partial charge in [0.15, 0.2) is 0 Å². The minimum atomic E-state index is -0.854. The molecule has 0 spiro atoms. The molecule has 0 radical (unpaired) electrons. The minimum absolute atomic E-state index is 0.282. The molecular formula is C14H9Br2ClN2O2. The van der Waals surface area contributed by atoms with Crippen molar-refractivity contribution >= 4 is 54.5 Å². The molecule has 7 heteroatoms. The van der Waals surface area contributed by atoms with E-state index in [0.717, 1.165) is 4.47 Å². The second kappa shape index (κ2) is 5.61. The van der Waals surface area contributed by atoms with Gasteiger partial charge in [0.05, 0.1) is 16.1 Å². The monoisotopic (exact) mass is 430 g/mol. The second-order valence-corrected chi connectivity index (χ2v) is 6.69. The van der Waals surface area contributed by atoms with Gasteiger partial charge in [0, 0.05) is 14.5 Å². The van der Waals surface area contributed by atoms with E-state index in [1.54, 1.807) is 30.3 Å². The molecule has 21 heavy (non-hydrogen) atoms. The van der Waals surface area contributed by atoms with E-state index in [2.05, 4.69) is 41.8 Å². The van der Waals surface area contributed by atoms with E-state index in [9.17, 15) is 9.90 Å². The van der Waals surface area contributed by atoms with E-state index in [1.807, 2.05) is 0 Å². The average molecular weight is 432 g/mol. The molecule has 108 valence electrons. The van der Waals surface area contributed by atoms with Crippen LogP contribution in [0, 0.1) is 0 Å². The van der Waals surface area contributed by atoms with E-state index >= 15 is 0 Å². The molecule has 1 heterocycles. The number of imidazole rings is 1. The third-order valence-corrected chi connectivity index (χ3v) is 5.11. The van der Waals surface area contributed by atoms with Gasteiger partial charge in [0.2, 0.25) is 0 Å². The second-order valence-electron chi connectivity index (χ2n) is 4.57. The molecule has 0 aliphatic carbocycles. The molecule has 0 amide bonds. The number of hydrogen-bond donors (Lipinski definition) is 3. The van der Waals surface area contributed by atoms with Crippen LogP contribution in [-0.2, 0) is 0 Å². The van der Waals surface area contributed by atoms with Crippen molar-refractivity contribution in [1.82, 2.24) is 9.97 Å². The fourth-order valence-electron chi connectivity index (χ4n) is 2.14. The topological polar surface area (TPSA) is 68.9 Å². The average Bonchev–Trinajstić information content (AvgIpc) is 2.79. The molecule has 1 aromatic heterocycles. The number of halogens is 3. The molecule has 0 saturated carbocycles. The van der Waals surface area contributed by atoms with Crippen LogP contribution in [0.25, 0.3) is 11.0 Å². The van der Waals surface area contributed by atoms with Crippen LogP contribution in [-0.4, -0.2) is 15.1 Å². The highest BCUT2D eigenvalue weighted by molar-refractivity contribution is 9.10. The summed E-state index contributed by atoms with van der Waals surface area (Å²) in [7, 11) is 0. The number of aromatic amines is 2. The number of benzene rings is 2. The highest BCUT2D eigenvalue weighted by atomic mass is 79.9. The fraction of sp³-hybridized carbons (Fsp3) is 0.0714. The third-order valence-electron chi connectivity index (χ3n) is 3.19. The summed E-state index contributed by atoms with van der Waals surface area (Å²) in [5.41, 5.74) is 2.35. The van der Waals surface area contributed by atoms with Gasteiger partial charge in [-0.2, -0.15) is 0 Å². The molecule has 3 N–H and O–H groups in total. The van der Waals surface area contributed by atoms with E-state index < -0.39 is 6.10 Å². The van der Waals surface area contributed by atoms with Crippen LogP contribution < -0.4 is 5.69 Å². The van der Waals surface area contributed by atoms with Crippen LogP contribution in [0.5, 0.6) is 0 Å². The van der Waals surface area contributed by atoms with Crippen LogP contribution in [0.1, 0.15) is 17.2 Å². The Morgan fingerprint density at radius 3 is 2.38 bits per heavy atom. The normalized spacial score (nSPS) is 12.8. The summed E-state index contributed by atoms with van der Waals surface area (Å²) in [5, 5.41) is 11.1. The first kappa shape index (κ1) is 14.8. The van der Waals surface area contributed by atoms with E-state index in [-0.39, 0.29) is 5.69 Å². The van der Waals surface area contributed by atoms with Crippen LogP contribution in [0.15, 0.2) is 44.1 Å². The van der Waals surface area contributed by atoms with Crippen molar-refractivity contribution in [3.8, 4) is 0 Å². The van der Waals surface area contributed by atoms with E-state index in [4.69, 9.17) is 11.6 Å². The molecule has 0 bridgehead atoms. The first-order chi connectivity index (χ1) is 9.95. The van der Waals surface area contributed by atoms with Crippen LogP contribution in [0.2, 0.25) is 5.02 Å². The van der Waals surface area contributed by atoms with Crippen molar-refractivity contribution in [2.45, 2.75) is 6.10 Å². The largest absolute Gasteiger partial charge is 0.384 e. The van der Waals surface area contributed by atoms with Gasteiger partial charge >= 0.3 is 5.69 Å². The lowest BCUT2D eigenvalue weighted by Crippen LogP contribution is -2.01. The number of aromatic nitrogens is 2. The van der Waals surface area contributed by atoms with Gasteiger partial charge in [-0.25, -0.2) is 4.79 Å². The molecule has 2 aromatic carbocycles. The van der Waals surface area contributed by atoms with Crippen LogP contribution >= 0.6 is 43.5 Å². The van der Waals surface area contributed by atoms with Gasteiger partial charge in [0.25, 0.3) is 0 Å². The van der Waals surface area contributed by atoms with E-state index in [0.29, 0.717) is 31.7 Å². The predicted molar refractivity (Wildman–Crippen MR) is 89.8 cm³/mol. The molecule has 3 aromatic rings. The highest BCUT2D eigenvalue weighted by Crippen LogP contribution is 2.33. The lowest BCUT2D eigenvalue weighted by atomic mass is 10.0. The SMILES string of the molecule is O=c1[nH]c2cc(Br)c(C(O)c3ccc(Br)c(Cl)c3)cc2[nH]1. The standard InChI is InChI=1S/C14H9Br2ClN2O2/c15-8-2-1-6(3-10(8)17)13(20)7-4-11-12(5-9(7)16)19-14(21)18-11/h1-5,13,20H,(H2,18,19,21). The number of aliphatic hydroxyl groups excluding tert-OH is 1. The number of fused-ring (bicyclic) bond motifs is 1. The first-order valence-electron chi connectivity index (χ1n) is 6.00. The summed E-state index contributed by atoms with van der Waals surface area (Å²) in [6.45, 7) is 0. The Morgan fingerprint density at radius 2 is 1.71 bits per heavy atom. The molecule has 1 unspecified atom stereocenters. The zero-order chi connectivity index (χ0) is 15.1.